The number of aryl methyl sites for hydroxylation is 1. The van der Waals surface area contributed by atoms with Gasteiger partial charge >= 0.3 is 0 Å². The first-order chi connectivity index (χ1) is 11.4. The van der Waals surface area contributed by atoms with Crippen LogP contribution >= 0.6 is 27.5 Å². The van der Waals surface area contributed by atoms with Gasteiger partial charge in [-0.05, 0) is 48.9 Å². The van der Waals surface area contributed by atoms with Crippen molar-refractivity contribution < 1.29 is 9.59 Å². The third kappa shape index (κ3) is 3.62. The number of rotatable bonds is 3. The molecule has 1 aliphatic heterocycles. The second-order valence-corrected chi connectivity index (χ2v) is 7.16. The third-order valence-corrected chi connectivity index (χ3v) is 5.01. The topological polar surface area (TPSA) is 49.4 Å². The molecule has 3 rings (SSSR count). The fourth-order valence-electron chi connectivity index (χ4n) is 2.66. The van der Waals surface area contributed by atoms with E-state index >= 15 is 0 Å². The quantitative estimate of drug-likeness (QED) is 0.819. The van der Waals surface area contributed by atoms with E-state index in [1.54, 1.807) is 11.0 Å². The Morgan fingerprint density at radius 1 is 1.25 bits per heavy atom. The second kappa shape index (κ2) is 6.95. The van der Waals surface area contributed by atoms with Gasteiger partial charge in [-0.3, -0.25) is 9.59 Å². The first kappa shape index (κ1) is 17.0. The number of anilines is 2. The normalized spacial score (nSPS) is 17.2. The van der Waals surface area contributed by atoms with E-state index in [9.17, 15) is 9.59 Å². The van der Waals surface area contributed by atoms with Crippen molar-refractivity contribution in [2.45, 2.75) is 13.3 Å². The molecule has 4 nitrogen and oxygen atoms in total. The second-order valence-electron chi connectivity index (χ2n) is 5.84. The molecule has 1 heterocycles. The number of hydrogen-bond acceptors (Lipinski definition) is 2. The van der Waals surface area contributed by atoms with Gasteiger partial charge in [0.25, 0.3) is 0 Å². The van der Waals surface area contributed by atoms with Gasteiger partial charge in [0, 0.05) is 33.8 Å². The van der Waals surface area contributed by atoms with Gasteiger partial charge in [-0.2, -0.15) is 0 Å². The smallest absolute Gasteiger partial charge is 0.229 e. The molecular weight excluding hydrogens is 392 g/mol. The summed E-state index contributed by atoms with van der Waals surface area (Å²) in [4.78, 5) is 26.3. The lowest BCUT2D eigenvalue weighted by Crippen LogP contribution is -2.28. The molecule has 1 saturated heterocycles. The highest BCUT2D eigenvalue weighted by molar-refractivity contribution is 9.10. The van der Waals surface area contributed by atoms with Crippen LogP contribution in [0, 0.1) is 12.8 Å². The summed E-state index contributed by atoms with van der Waals surface area (Å²) in [6.45, 7) is 2.27. The summed E-state index contributed by atoms with van der Waals surface area (Å²) in [5.74, 6) is -0.585. The monoisotopic (exact) mass is 406 g/mol. The summed E-state index contributed by atoms with van der Waals surface area (Å²) in [5.41, 5.74) is 2.40. The van der Waals surface area contributed by atoms with Gasteiger partial charge < -0.3 is 10.2 Å². The number of nitrogens with zero attached hydrogens (tertiary/aromatic N) is 1. The minimum Gasteiger partial charge on any atom is -0.326 e. The van der Waals surface area contributed by atoms with Gasteiger partial charge in [0.2, 0.25) is 11.8 Å². The zero-order valence-corrected chi connectivity index (χ0v) is 15.4. The molecular formula is C18H16BrClN2O2. The SMILES string of the molecule is Cc1ccc(N2C[C@@H](C(=O)Nc3ccc(Br)cc3)CC2=O)cc1Cl. The highest BCUT2D eigenvalue weighted by Crippen LogP contribution is 2.29. The summed E-state index contributed by atoms with van der Waals surface area (Å²) in [7, 11) is 0. The molecule has 1 fully saturated rings. The Balaban J connectivity index is 1.70. The maximum Gasteiger partial charge on any atom is 0.229 e. The lowest BCUT2D eigenvalue weighted by Gasteiger charge is -2.17. The summed E-state index contributed by atoms with van der Waals surface area (Å²) in [6.07, 6.45) is 0.202. The largest absolute Gasteiger partial charge is 0.326 e. The molecule has 0 spiro atoms. The number of nitrogens with one attached hydrogen (secondary N) is 1. The molecule has 1 atom stereocenters. The molecule has 6 heteroatoms. The van der Waals surface area contributed by atoms with E-state index < -0.39 is 0 Å². The predicted octanol–water partition coefficient (Wildman–Crippen LogP) is 4.40. The van der Waals surface area contributed by atoms with Gasteiger partial charge in [-0.15, -0.1) is 0 Å². The van der Waals surface area contributed by atoms with Crippen molar-refractivity contribution in [3.63, 3.8) is 0 Å². The molecule has 2 aromatic carbocycles. The van der Waals surface area contributed by atoms with Crippen LogP contribution in [0.5, 0.6) is 0 Å². The first-order valence-corrected chi connectivity index (χ1v) is 8.74. The van der Waals surface area contributed by atoms with Gasteiger partial charge in [0.1, 0.15) is 0 Å². The minimum atomic E-state index is -0.374. The van der Waals surface area contributed by atoms with Crippen LogP contribution in [-0.4, -0.2) is 18.4 Å². The summed E-state index contributed by atoms with van der Waals surface area (Å²) < 4.78 is 0.943. The highest BCUT2D eigenvalue weighted by atomic mass is 79.9. The number of halogens is 2. The van der Waals surface area contributed by atoms with Crippen LogP contribution in [0.4, 0.5) is 11.4 Å². The van der Waals surface area contributed by atoms with Crippen LogP contribution in [0.3, 0.4) is 0 Å². The van der Waals surface area contributed by atoms with E-state index in [1.807, 2.05) is 43.3 Å². The Labute approximate surface area is 153 Å². The van der Waals surface area contributed by atoms with Gasteiger partial charge in [0.15, 0.2) is 0 Å². The molecule has 0 radical (unpaired) electrons. The molecule has 1 aliphatic rings. The minimum absolute atomic E-state index is 0.0640. The Morgan fingerprint density at radius 2 is 1.96 bits per heavy atom. The van der Waals surface area contributed by atoms with Crippen molar-refractivity contribution in [3.8, 4) is 0 Å². The van der Waals surface area contributed by atoms with E-state index in [-0.39, 0.29) is 24.2 Å². The molecule has 2 amide bonds. The van der Waals surface area contributed by atoms with E-state index in [2.05, 4.69) is 21.2 Å². The fraction of sp³-hybridized carbons (Fsp3) is 0.222. The number of hydrogen-bond donors (Lipinski definition) is 1. The van der Waals surface area contributed by atoms with Crippen molar-refractivity contribution in [3.05, 3.63) is 57.5 Å². The first-order valence-electron chi connectivity index (χ1n) is 7.57. The van der Waals surface area contributed by atoms with E-state index in [4.69, 9.17) is 11.6 Å². The predicted molar refractivity (Wildman–Crippen MR) is 99.4 cm³/mol. The van der Waals surface area contributed by atoms with E-state index in [1.165, 1.54) is 0 Å². The lowest BCUT2D eigenvalue weighted by atomic mass is 10.1. The zero-order chi connectivity index (χ0) is 17.3. The van der Waals surface area contributed by atoms with E-state index in [0.29, 0.717) is 17.3 Å². The van der Waals surface area contributed by atoms with Crippen LogP contribution in [0.15, 0.2) is 46.9 Å². The van der Waals surface area contributed by atoms with Crippen LogP contribution in [-0.2, 0) is 9.59 Å². The van der Waals surface area contributed by atoms with Gasteiger partial charge in [-0.1, -0.05) is 33.6 Å². The molecule has 2 aromatic rings. The zero-order valence-electron chi connectivity index (χ0n) is 13.1. The Morgan fingerprint density at radius 3 is 2.62 bits per heavy atom. The third-order valence-electron chi connectivity index (χ3n) is 4.07. The van der Waals surface area contributed by atoms with Crippen LogP contribution in [0.1, 0.15) is 12.0 Å². The summed E-state index contributed by atoms with van der Waals surface area (Å²) in [6, 6.07) is 12.8. The van der Waals surface area contributed by atoms with Crippen LogP contribution in [0.25, 0.3) is 0 Å². The Kier molecular flexibility index (Phi) is 4.92. The van der Waals surface area contributed by atoms with Crippen LogP contribution < -0.4 is 10.2 Å². The van der Waals surface area contributed by atoms with Gasteiger partial charge in [0.05, 0.1) is 5.92 Å². The van der Waals surface area contributed by atoms with Crippen molar-refractivity contribution in [1.29, 1.82) is 0 Å². The van der Waals surface area contributed by atoms with Crippen molar-refractivity contribution >= 4 is 50.7 Å². The molecule has 0 bridgehead atoms. The van der Waals surface area contributed by atoms with Gasteiger partial charge in [-0.25, -0.2) is 0 Å². The molecule has 0 unspecified atom stereocenters. The number of benzene rings is 2. The Bertz CT molecular complexity index is 792. The van der Waals surface area contributed by atoms with Crippen molar-refractivity contribution in [1.82, 2.24) is 0 Å². The lowest BCUT2D eigenvalue weighted by molar-refractivity contribution is -0.122. The maximum atomic E-state index is 12.4. The number of amides is 2. The fourth-order valence-corrected chi connectivity index (χ4v) is 3.10. The summed E-state index contributed by atoms with van der Waals surface area (Å²) >= 11 is 9.49. The summed E-state index contributed by atoms with van der Waals surface area (Å²) in [5, 5.41) is 3.47. The standard InChI is InChI=1S/C18H16BrClN2O2/c1-11-2-7-15(9-16(11)20)22-10-12(8-17(22)23)18(24)21-14-5-3-13(19)4-6-14/h2-7,9,12H,8,10H2,1H3,(H,21,24)/t12-/m0/s1. The molecule has 0 saturated carbocycles. The number of carbonyl (C=O) groups is 2. The molecule has 1 N–H and O–H groups in total. The number of carbonyl (C=O) groups excluding carboxylic acids is 2. The average molecular weight is 408 g/mol. The van der Waals surface area contributed by atoms with E-state index in [0.717, 1.165) is 15.7 Å². The maximum absolute atomic E-state index is 12.4. The van der Waals surface area contributed by atoms with Crippen molar-refractivity contribution in [2.24, 2.45) is 5.92 Å². The molecule has 24 heavy (non-hydrogen) atoms. The van der Waals surface area contributed by atoms with Crippen molar-refractivity contribution in [2.75, 3.05) is 16.8 Å². The molecule has 124 valence electrons. The Hall–Kier alpha value is -1.85. The molecule has 0 aliphatic carbocycles. The highest BCUT2D eigenvalue weighted by Gasteiger charge is 2.35. The average Bonchev–Trinajstić information content (AvgIpc) is 2.94. The molecule has 0 aromatic heterocycles. The van der Waals surface area contributed by atoms with Crippen LogP contribution in [0.2, 0.25) is 5.02 Å².